The summed E-state index contributed by atoms with van der Waals surface area (Å²) >= 11 is 0. The van der Waals surface area contributed by atoms with E-state index in [-0.39, 0.29) is 16.2 Å². The van der Waals surface area contributed by atoms with E-state index in [2.05, 4.69) is 211 Å². The second-order valence-electron chi connectivity index (χ2n) is 18.4. The fourth-order valence-corrected chi connectivity index (χ4v) is 7.76. The van der Waals surface area contributed by atoms with Crippen molar-refractivity contribution in [1.29, 1.82) is 0 Å². The second-order valence-corrected chi connectivity index (χ2v) is 18.4. The van der Waals surface area contributed by atoms with Gasteiger partial charge in [0, 0.05) is 40.8 Å². The number of aromatic nitrogens is 1. The maximum Gasteiger partial charge on any atom is 0.137 e. The first-order valence-electron chi connectivity index (χ1n) is 20.3. The molecule has 6 aromatic carbocycles. The van der Waals surface area contributed by atoms with Crippen LogP contribution in [-0.4, -0.2) is 4.98 Å². The lowest BCUT2D eigenvalue weighted by Crippen LogP contribution is -2.17. The van der Waals surface area contributed by atoms with Crippen LogP contribution in [0.2, 0.25) is 0 Å². The van der Waals surface area contributed by atoms with E-state index in [9.17, 15) is 0 Å². The fourth-order valence-electron chi connectivity index (χ4n) is 7.76. The van der Waals surface area contributed by atoms with Crippen molar-refractivity contribution in [1.82, 2.24) is 4.98 Å². The summed E-state index contributed by atoms with van der Waals surface area (Å²) in [5.41, 5.74) is 14.5. The van der Waals surface area contributed by atoms with E-state index in [1.54, 1.807) is 0 Å². The molecule has 0 fully saturated rings. The van der Waals surface area contributed by atoms with Gasteiger partial charge in [-0.2, -0.15) is 0 Å². The molecule has 7 aromatic rings. The zero-order chi connectivity index (χ0) is 40.8. The third kappa shape index (κ3) is 7.82. The fraction of sp³-hybridized carbons (Fsp3) is 0.226. The predicted octanol–water partition coefficient (Wildman–Crippen LogP) is 15.4. The van der Waals surface area contributed by atoms with Gasteiger partial charge in [0.15, 0.2) is 0 Å². The largest absolute Gasteiger partial charge is 0.457 e. The molecule has 0 amide bonds. The van der Waals surface area contributed by atoms with Crippen molar-refractivity contribution in [3.05, 3.63) is 168 Å². The van der Waals surface area contributed by atoms with Gasteiger partial charge in [0.25, 0.3) is 0 Å². The van der Waals surface area contributed by atoms with Crippen LogP contribution in [0.3, 0.4) is 0 Å². The van der Waals surface area contributed by atoms with E-state index in [1.807, 2.05) is 18.3 Å². The molecule has 5 nitrogen and oxygen atoms in total. The van der Waals surface area contributed by atoms with Gasteiger partial charge in [-0.1, -0.05) is 135 Å². The van der Waals surface area contributed by atoms with Gasteiger partial charge < -0.3 is 15.4 Å². The van der Waals surface area contributed by atoms with Crippen LogP contribution in [-0.2, 0) is 16.2 Å². The summed E-state index contributed by atoms with van der Waals surface area (Å²) in [5.74, 6) is 2.33. The lowest BCUT2D eigenvalue weighted by Gasteiger charge is -2.28. The normalized spacial score (nSPS) is 12.5. The highest BCUT2D eigenvalue weighted by molar-refractivity contribution is 6.02. The summed E-state index contributed by atoms with van der Waals surface area (Å²) in [7, 11) is 0. The van der Waals surface area contributed by atoms with Crippen molar-refractivity contribution in [2.75, 3.05) is 15.5 Å². The Kier molecular flexibility index (Phi) is 9.88. The summed E-state index contributed by atoms with van der Waals surface area (Å²) in [6.45, 7) is 20.3. The number of nitrogens with one attached hydrogen (secondary N) is 2. The minimum absolute atomic E-state index is 0.0284. The summed E-state index contributed by atoms with van der Waals surface area (Å²) < 4.78 is 6.72. The molecule has 0 saturated heterocycles. The van der Waals surface area contributed by atoms with Crippen LogP contribution in [0.5, 0.6) is 11.5 Å². The molecule has 8 rings (SSSR count). The quantitative estimate of drug-likeness (QED) is 0.169. The van der Waals surface area contributed by atoms with Crippen LogP contribution < -0.4 is 20.3 Å². The van der Waals surface area contributed by atoms with E-state index >= 15 is 0 Å². The standard InChI is InChI=1S/C53H54N4O/c1-51(2,3)35-25-28-44(53(7,8)9)47(31-35)56-46-23-14-13-22-45(46)55-37-17-16-18-38(33-37)58-39-26-27-43-41-20-11-10-19-40(41)42-21-12-15-24-48(42)57(49(43)34-39)50-32-36(29-30-54-50)52(4,5)6/h10-34,55-56H,1-9H3. The van der Waals surface area contributed by atoms with Gasteiger partial charge in [-0.3, -0.25) is 4.90 Å². The summed E-state index contributed by atoms with van der Waals surface area (Å²) in [5, 5.41) is 7.50. The van der Waals surface area contributed by atoms with Crippen molar-refractivity contribution in [3.8, 4) is 33.8 Å². The van der Waals surface area contributed by atoms with E-state index in [4.69, 9.17) is 9.72 Å². The highest BCUT2D eigenvalue weighted by Gasteiger charge is 2.28. The van der Waals surface area contributed by atoms with Crippen LogP contribution >= 0.6 is 0 Å². The van der Waals surface area contributed by atoms with E-state index in [0.717, 1.165) is 62.6 Å². The minimum atomic E-state index is -0.0395. The molecule has 1 aromatic heterocycles. The summed E-state index contributed by atoms with van der Waals surface area (Å²) in [6.07, 6.45) is 1.93. The first-order chi connectivity index (χ1) is 27.6. The van der Waals surface area contributed by atoms with Crippen LogP contribution in [0.25, 0.3) is 22.3 Å². The van der Waals surface area contributed by atoms with Gasteiger partial charge >= 0.3 is 0 Å². The van der Waals surface area contributed by atoms with Crippen molar-refractivity contribution < 1.29 is 4.74 Å². The molecule has 0 unspecified atom stereocenters. The Balaban J connectivity index is 1.14. The van der Waals surface area contributed by atoms with Crippen LogP contribution in [0.4, 0.5) is 39.9 Å². The van der Waals surface area contributed by atoms with Gasteiger partial charge in [0.1, 0.15) is 17.3 Å². The molecule has 0 radical (unpaired) electrons. The Morgan fingerprint density at radius 3 is 1.74 bits per heavy atom. The number of anilines is 7. The smallest absolute Gasteiger partial charge is 0.137 e. The first kappa shape index (κ1) is 38.5. The Morgan fingerprint density at radius 1 is 0.448 bits per heavy atom. The van der Waals surface area contributed by atoms with E-state index < -0.39 is 0 Å². The number of hydrogen-bond donors (Lipinski definition) is 2. The predicted molar refractivity (Wildman–Crippen MR) is 245 cm³/mol. The van der Waals surface area contributed by atoms with Gasteiger partial charge in [-0.05, 0) is 105 Å². The number of nitrogens with zero attached hydrogens (tertiary/aromatic N) is 2. The molecule has 0 bridgehead atoms. The number of ether oxygens (including phenoxy) is 1. The molecule has 0 spiro atoms. The summed E-state index contributed by atoms with van der Waals surface area (Å²) in [4.78, 5) is 7.27. The van der Waals surface area contributed by atoms with Crippen molar-refractivity contribution in [3.63, 3.8) is 0 Å². The molecule has 58 heavy (non-hydrogen) atoms. The van der Waals surface area contributed by atoms with Gasteiger partial charge in [0.05, 0.1) is 22.7 Å². The minimum Gasteiger partial charge on any atom is -0.457 e. The molecule has 0 aliphatic carbocycles. The Bertz CT molecular complexity index is 2620. The van der Waals surface area contributed by atoms with Crippen LogP contribution in [0.15, 0.2) is 152 Å². The molecular formula is C53H54N4O. The maximum atomic E-state index is 6.72. The number of para-hydroxylation sites is 3. The molecule has 2 heterocycles. The average Bonchev–Trinajstić information content (AvgIpc) is 3.30. The number of benzene rings is 6. The molecule has 2 N–H and O–H groups in total. The maximum absolute atomic E-state index is 6.72. The highest BCUT2D eigenvalue weighted by Crippen LogP contribution is 2.51. The lowest BCUT2D eigenvalue weighted by atomic mass is 9.81. The molecule has 1 aliphatic heterocycles. The van der Waals surface area contributed by atoms with Crippen LogP contribution in [0.1, 0.15) is 79.0 Å². The van der Waals surface area contributed by atoms with Crippen molar-refractivity contribution in [2.24, 2.45) is 0 Å². The van der Waals surface area contributed by atoms with Crippen LogP contribution in [0, 0.1) is 0 Å². The summed E-state index contributed by atoms with van der Waals surface area (Å²) in [6, 6.07) is 51.4. The molecule has 0 saturated carbocycles. The van der Waals surface area contributed by atoms with Gasteiger partial charge in [-0.15, -0.1) is 0 Å². The zero-order valence-corrected chi connectivity index (χ0v) is 35.2. The van der Waals surface area contributed by atoms with E-state index in [1.165, 1.54) is 27.8 Å². The lowest BCUT2D eigenvalue weighted by molar-refractivity contribution is 0.483. The molecule has 292 valence electrons. The monoisotopic (exact) mass is 762 g/mol. The number of rotatable bonds is 7. The molecular weight excluding hydrogens is 709 g/mol. The second kappa shape index (κ2) is 14.9. The first-order valence-corrected chi connectivity index (χ1v) is 20.3. The molecule has 0 atom stereocenters. The highest BCUT2D eigenvalue weighted by atomic mass is 16.5. The van der Waals surface area contributed by atoms with Gasteiger partial charge in [-0.25, -0.2) is 4.98 Å². The molecule has 1 aliphatic rings. The third-order valence-electron chi connectivity index (χ3n) is 10.9. The number of fused-ring (bicyclic) bond motifs is 5. The number of pyridine rings is 1. The Labute approximate surface area is 344 Å². The SMILES string of the molecule is CC(C)(C)c1ccnc(N2c3ccccc3-c3ccccc3-c3ccc(Oc4cccc(Nc5ccccc5Nc5cc(C(C)(C)C)ccc5C(C)(C)C)c4)cc32)c1. The Morgan fingerprint density at radius 2 is 1.05 bits per heavy atom. The van der Waals surface area contributed by atoms with Crippen molar-refractivity contribution in [2.45, 2.75) is 78.6 Å². The molecule has 5 heteroatoms. The zero-order valence-electron chi connectivity index (χ0n) is 35.2. The van der Waals surface area contributed by atoms with Crippen molar-refractivity contribution >= 4 is 39.9 Å². The average molecular weight is 763 g/mol. The van der Waals surface area contributed by atoms with E-state index in [0.29, 0.717) is 0 Å². The van der Waals surface area contributed by atoms with Gasteiger partial charge in [0.2, 0.25) is 0 Å². The number of hydrogen-bond acceptors (Lipinski definition) is 5. The topological polar surface area (TPSA) is 49.4 Å². The third-order valence-corrected chi connectivity index (χ3v) is 10.9. The Hall–Kier alpha value is -6.33.